The molecule has 1 heterocycles. The molecule has 0 amide bonds. The molecule has 1 aliphatic heterocycles. The van der Waals surface area contributed by atoms with Gasteiger partial charge in [0.15, 0.2) is 0 Å². The van der Waals surface area contributed by atoms with Crippen molar-refractivity contribution in [3.63, 3.8) is 0 Å². The molecule has 0 bridgehead atoms. The number of rotatable bonds is 5. The molecule has 3 heteroatoms. The normalized spacial score (nSPS) is 36.8. The highest BCUT2D eigenvalue weighted by atomic mass is 16.6. The predicted molar refractivity (Wildman–Crippen MR) is 81.0 cm³/mol. The summed E-state index contributed by atoms with van der Waals surface area (Å²) in [6.07, 6.45) is 13.6. The lowest BCUT2D eigenvalue weighted by Gasteiger charge is -2.30. The first-order valence-electron chi connectivity index (χ1n) is 8.82. The van der Waals surface area contributed by atoms with Crippen LogP contribution in [-0.4, -0.2) is 37.0 Å². The molecule has 0 radical (unpaired) electrons. The summed E-state index contributed by atoms with van der Waals surface area (Å²) >= 11 is 0. The van der Waals surface area contributed by atoms with Crippen LogP contribution in [0.5, 0.6) is 0 Å². The number of hydrogen-bond acceptors (Lipinski definition) is 3. The summed E-state index contributed by atoms with van der Waals surface area (Å²) in [4.78, 5) is 0. The van der Waals surface area contributed by atoms with Crippen LogP contribution < -0.4 is 5.32 Å². The van der Waals surface area contributed by atoms with Gasteiger partial charge < -0.3 is 14.8 Å². The number of hydrogen-bond donors (Lipinski definition) is 1. The monoisotopic (exact) mass is 281 g/mol. The Morgan fingerprint density at radius 1 is 1.05 bits per heavy atom. The minimum absolute atomic E-state index is 0.261. The molecule has 1 spiro atoms. The summed E-state index contributed by atoms with van der Waals surface area (Å²) in [5.74, 6) is 0. The van der Waals surface area contributed by atoms with Crippen molar-refractivity contribution in [3.8, 4) is 0 Å². The van der Waals surface area contributed by atoms with Crippen LogP contribution in [0.2, 0.25) is 0 Å². The van der Waals surface area contributed by atoms with Crippen molar-refractivity contribution in [1.29, 1.82) is 0 Å². The van der Waals surface area contributed by atoms with Crippen molar-refractivity contribution in [2.24, 2.45) is 0 Å². The summed E-state index contributed by atoms with van der Waals surface area (Å²) < 4.78 is 12.5. The second-order valence-corrected chi connectivity index (χ2v) is 7.03. The fraction of sp³-hybridized carbons (Fsp3) is 1.00. The smallest absolute Gasteiger partial charge is 0.0817 e. The van der Waals surface area contributed by atoms with Crippen LogP contribution in [0.25, 0.3) is 0 Å². The maximum Gasteiger partial charge on any atom is 0.0817 e. The minimum atomic E-state index is 0.261. The van der Waals surface area contributed by atoms with E-state index < -0.39 is 0 Å². The van der Waals surface area contributed by atoms with Crippen molar-refractivity contribution >= 4 is 0 Å². The van der Waals surface area contributed by atoms with Gasteiger partial charge in [0.25, 0.3) is 0 Å². The average Bonchev–Trinajstić information content (AvgIpc) is 3.09. The van der Waals surface area contributed by atoms with Crippen LogP contribution >= 0.6 is 0 Å². The molecule has 1 unspecified atom stereocenters. The Morgan fingerprint density at radius 3 is 2.50 bits per heavy atom. The van der Waals surface area contributed by atoms with Gasteiger partial charge in [-0.15, -0.1) is 0 Å². The standard InChI is InChI=1S/C17H31NO2/c1-2-18-14-5-7-15(8-6-14)19-13-16-9-12-17(20-16)10-3-4-11-17/h14-16,18H,2-13H2,1H3. The van der Waals surface area contributed by atoms with Gasteiger partial charge >= 0.3 is 0 Å². The van der Waals surface area contributed by atoms with E-state index in [1.54, 1.807) is 0 Å². The van der Waals surface area contributed by atoms with E-state index in [9.17, 15) is 0 Å². The molecule has 3 aliphatic rings. The van der Waals surface area contributed by atoms with Gasteiger partial charge in [-0.1, -0.05) is 19.8 Å². The summed E-state index contributed by atoms with van der Waals surface area (Å²) in [6, 6.07) is 0.726. The Bertz CT molecular complexity index is 293. The van der Waals surface area contributed by atoms with Crippen LogP contribution in [0.4, 0.5) is 0 Å². The Labute approximate surface area is 123 Å². The molecule has 1 saturated heterocycles. The Morgan fingerprint density at radius 2 is 1.80 bits per heavy atom. The molecule has 3 rings (SSSR count). The van der Waals surface area contributed by atoms with Gasteiger partial charge in [-0.25, -0.2) is 0 Å². The molecule has 2 saturated carbocycles. The predicted octanol–water partition coefficient (Wildman–Crippen LogP) is 3.42. The Kier molecular flexibility index (Phi) is 5.00. The molecule has 3 nitrogen and oxygen atoms in total. The second-order valence-electron chi connectivity index (χ2n) is 7.03. The third-order valence-corrected chi connectivity index (χ3v) is 5.54. The van der Waals surface area contributed by atoms with E-state index in [0.29, 0.717) is 12.2 Å². The zero-order valence-corrected chi connectivity index (χ0v) is 13.0. The van der Waals surface area contributed by atoms with Crippen molar-refractivity contribution < 1.29 is 9.47 Å². The maximum atomic E-state index is 6.32. The topological polar surface area (TPSA) is 30.5 Å². The zero-order chi connectivity index (χ0) is 13.8. The van der Waals surface area contributed by atoms with Crippen molar-refractivity contribution in [2.75, 3.05) is 13.2 Å². The summed E-state index contributed by atoms with van der Waals surface area (Å²) in [7, 11) is 0. The van der Waals surface area contributed by atoms with Gasteiger partial charge in [-0.2, -0.15) is 0 Å². The zero-order valence-electron chi connectivity index (χ0n) is 13.0. The highest BCUT2D eigenvalue weighted by Gasteiger charge is 2.42. The maximum absolute atomic E-state index is 6.32. The lowest BCUT2D eigenvalue weighted by atomic mass is 9.93. The van der Waals surface area contributed by atoms with Crippen molar-refractivity contribution in [1.82, 2.24) is 5.32 Å². The van der Waals surface area contributed by atoms with E-state index in [1.807, 2.05) is 0 Å². The van der Waals surface area contributed by atoms with E-state index >= 15 is 0 Å². The Balaban J connectivity index is 1.34. The van der Waals surface area contributed by atoms with E-state index in [0.717, 1.165) is 19.2 Å². The number of ether oxygens (including phenoxy) is 2. The summed E-state index contributed by atoms with van der Waals surface area (Å²) in [6.45, 7) is 4.12. The van der Waals surface area contributed by atoms with Gasteiger partial charge in [0, 0.05) is 6.04 Å². The first-order valence-corrected chi connectivity index (χ1v) is 8.82. The first kappa shape index (κ1) is 14.8. The largest absolute Gasteiger partial charge is 0.376 e. The first-order chi connectivity index (χ1) is 9.80. The fourth-order valence-electron chi connectivity index (χ4n) is 4.37. The number of nitrogens with one attached hydrogen (secondary N) is 1. The van der Waals surface area contributed by atoms with Crippen molar-refractivity contribution in [3.05, 3.63) is 0 Å². The van der Waals surface area contributed by atoms with Crippen LogP contribution in [0.3, 0.4) is 0 Å². The molecular weight excluding hydrogens is 250 g/mol. The molecular formula is C17H31NO2. The van der Waals surface area contributed by atoms with Crippen LogP contribution in [0.15, 0.2) is 0 Å². The highest BCUT2D eigenvalue weighted by molar-refractivity contribution is 4.92. The second kappa shape index (κ2) is 6.76. The van der Waals surface area contributed by atoms with Crippen LogP contribution in [-0.2, 0) is 9.47 Å². The molecule has 2 aliphatic carbocycles. The SMILES string of the molecule is CCNC1CCC(OCC2CCC3(CCCC3)O2)CC1. The van der Waals surface area contributed by atoms with Gasteiger partial charge in [0.1, 0.15) is 0 Å². The molecule has 0 aromatic rings. The van der Waals surface area contributed by atoms with E-state index in [4.69, 9.17) is 9.47 Å². The highest BCUT2D eigenvalue weighted by Crippen LogP contribution is 2.43. The quantitative estimate of drug-likeness (QED) is 0.837. The van der Waals surface area contributed by atoms with Gasteiger partial charge in [0.2, 0.25) is 0 Å². The fourth-order valence-corrected chi connectivity index (χ4v) is 4.37. The van der Waals surface area contributed by atoms with Crippen LogP contribution in [0, 0.1) is 0 Å². The van der Waals surface area contributed by atoms with E-state index in [1.165, 1.54) is 64.2 Å². The molecule has 0 aromatic heterocycles. The average molecular weight is 281 g/mol. The molecule has 0 aromatic carbocycles. The molecule has 3 fully saturated rings. The molecule has 1 atom stereocenters. The van der Waals surface area contributed by atoms with Crippen molar-refractivity contribution in [2.45, 2.75) is 95.0 Å². The van der Waals surface area contributed by atoms with Gasteiger partial charge in [-0.3, -0.25) is 0 Å². The van der Waals surface area contributed by atoms with E-state index in [-0.39, 0.29) is 5.60 Å². The molecule has 1 N–H and O–H groups in total. The third kappa shape index (κ3) is 3.55. The van der Waals surface area contributed by atoms with Gasteiger partial charge in [0.05, 0.1) is 24.4 Å². The summed E-state index contributed by atoms with van der Waals surface area (Å²) in [5.41, 5.74) is 0.261. The van der Waals surface area contributed by atoms with Crippen LogP contribution in [0.1, 0.15) is 71.1 Å². The molecule has 20 heavy (non-hydrogen) atoms. The lowest BCUT2D eigenvalue weighted by molar-refractivity contribution is -0.0872. The summed E-state index contributed by atoms with van der Waals surface area (Å²) in [5, 5.41) is 3.55. The third-order valence-electron chi connectivity index (χ3n) is 5.54. The minimum Gasteiger partial charge on any atom is -0.376 e. The lowest BCUT2D eigenvalue weighted by Crippen LogP contribution is -2.36. The van der Waals surface area contributed by atoms with E-state index in [2.05, 4.69) is 12.2 Å². The van der Waals surface area contributed by atoms with Gasteiger partial charge in [-0.05, 0) is 57.9 Å². The molecule has 116 valence electrons. The Hall–Kier alpha value is -0.120.